The van der Waals surface area contributed by atoms with Gasteiger partial charge in [0, 0.05) is 22.9 Å². The number of anilines is 1. The lowest BCUT2D eigenvalue weighted by Crippen LogP contribution is -2.13. The summed E-state index contributed by atoms with van der Waals surface area (Å²) in [4.78, 5) is 16.4. The van der Waals surface area contributed by atoms with E-state index in [1.807, 2.05) is 0 Å². The number of aromatic nitrogens is 1. The van der Waals surface area contributed by atoms with Crippen LogP contribution in [0.4, 0.5) is 23.2 Å². The van der Waals surface area contributed by atoms with Gasteiger partial charge in [-0.15, -0.1) is 0 Å². The van der Waals surface area contributed by atoms with Crippen molar-refractivity contribution in [1.29, 1.82) is 0 Å². The van der Waals surface area contributed by atoms with E-state index in [9.17, 15) is 22.4 Å². The molecule has 1 N–H and O–H groups in total. The standard InChI is InChI=1S/C24H16F4N2O3/c1-32-17-11-12-18(19(25)13-17)22(31)29-16-9-7-15(8-10-16)23-30-20(14-5-3-2-4-6-14)21(33-23)24(26,27)28/h2-13H,1H3,(H,29,31). The average Bonchev–Trinajstić information content (AvgIpc) is 3.26. The van der Waals surface area contributed by atoms with Gasteiger partial charge in [-0.3, -0.25) is 4.79 Å². The van der Waals surface area contributed by atoms with Crippen LogP contribution in [0.2, 0.25) is 0 Å². The van der Waals surface area contributed by atoms with Crippen molar-refractivity contribution >= 4 is 11.6 Å². The Kier molecular flexibility index (Phi) is 5.87. The second-order valence-corrected chi connectivity index (χ2v) is 6.94. The minimum Gasteiger partial charge on any atom is -0.497 e. The number of amides is 1. The van der Waals surface area contributed by atoms with Crippen LogP contribution in [-0.4, -0.2) is 18.0 Å². The predicted octanol–water partition coefficient (Wildman–Crippen LogP) is 6.43. The first-order valence-electron chi connectivity index (χ1n) is 9.65. The van der Waals surface area contributed by atoms with Gasteiger partial charge >= 0.3 is 6.18 Å². The second kappa shape index (κ2) is 8.78. The Bertz CT molecular complexity index is 1280. The van der Waals surface area contributed by atoms with E-state index in [0.29, 0.717) is 5.69 Å². The molecule has 0 aliphatic heterocycles. The van der Waals surface area contributed by atoms with Crippen molar-refractivity contribution in [3.63, 3.8) is 0 Å². The quantitative estimate of drug-likeness (QED) is 0.352. The number of rotatable bonds is 5. The highest BCUT2D eigenvalue weighted by Gasteiger charge is 2.40. The summed E-state index contributed by atoms with van der Waals surface area (Å²) in [6.07, 6.45) is -4.73. The zero-order valence-electron chi connectivity index (χ0n) is 17.1. The van der Waals surface area contributed by atoms with E-state index in [0.717, 1.165) is 6.07 Å². The molecular formula is C24H16F4N2O3. The first kappa shape index (κ1) is 22.1. The number of oxazole rings is 1. The van der Waals surface area contributed by atoms with Crippen molar-refractivity contribution in [3.05, 3.63) is 89.9 Å². The SMILES string of the molecule is COc1ccc(C(=O)Nc2ccc(-c3nc(-c4ccccc4)c(C(F)(F)F)o3)cc2)c(F)c1. The Morgan fingerprint density at radius 3 is 2.27 bits per heavy atom. The Balaban J connectivity index is 1.59. The maximum atomic E-state index is 14.1. The average molecular weight is 456 g/mol. The summed E-state index contributed by atoms with van der Waals surface area (Å²) < 4.78 is 64.5. The monoisotopic (exact) mass is 456 g/mol. The lowest BCUT2D eigenvalue weighted by Gasteiger charge is -2.08. The fraction of sp³-hybridized carbons (Fsp3) is 0.0833. The first-order valence-corrected chi connectivity index (χ1v) is 9.65. The van der Waals surface area contributed by atoms with Crippen LogP contribution in [-0.2, 0) is 6.18 Å². The van der Waals surface area contributed by atoms with Crippen LogP contribution in [0.3, 0.4) is 0 Å². The lowest BCUT2D eigenvalue weighted by atomic mass is 10.1. The number of halogens is 4. The van der Waals surface area contributed by atoms with Crippen LogP contribution < -0.4 is 10.1 Å². The van der Waals surface area contributed by atoms with Gasteiger partial charge in [-0.25, -0.2) is 9.37 Å². The van der Waals surface area contributed by atoms with E-state index in [2.05, 4.69) is 10.3 Å². The van der Waals surface area contributed by atoms with E-state index in [-0.39, 0.29) is 34.0 Å². The Labute approximate surface area is 185 Å². The maximum Gasteiger partial charge on any atom is 0.451 e. The van der Waals surface area contributed by atoms with Gasteiger partial charge in [0.25, 0.3) is 5.91 Å². The van der Waals surface area contributed by atoms with Gasteiger partial charge < -0.3 is 14.5 Å². The number of nitrogens with one attached hydrogen (secondary N) is 1. The number of alkyl halides is 3. The molecule has 1 aromatic heterocycles. The maximum absolute atomic E-state index is 14.1. The molecular weight excluding hydrogens is 440 g/mol. The third-order valence-corrected chi connectivity index (χ3v) is 4.74. The van der Waals surface area contributed by atoms with Gasteiger partial charge in [-0.1, -0.05) is 30.3 Å². The fourth-order valence-electron chi connectivity index (χ4n) is 3.13. The van der Waals surface area contributed by atoms with E-state index in [1.54, 1.807) is 18.2 Å². The molecule has 168 valence electrons. The van der Waals surface area contributed by atoms with Gasteiger partial charge in [0.1, 0.15) is 17.3 Å². The molecule has 0 fully saturated rings. The van der Waals surface area contributed by atoms with E-state index in [4.69, 9.17) is 9.15 Å². The molecule has 0 saturated carbocycles. The molecule has 1 heterocycles. The van der Waals surface area contributed by atoms with Gasteiger partial charge in [-0.2, -0.15) is 13.2 Å². The number of benzene rings is 3. The lowest BCUT2D eigenvalue weighted by molar-refractivity contribution is -0.152. The molecule has 3 aromatic carbocycles. The van der Waals surface area contributed by atoms with Crippen LogP contribution in [0.25, 0.3) is 22.7 Å². The molecule has 5 nitrogen and oxygen atoms in total. The molecule has 4 aromatic rings. The Hall–Kier alpha value is -4.14. The minimum atomic E-state index is -4.73. The molecule has 0 aliphatic rings. The van der Waals surface area contributed by atoms with Crippen molar-refractivity contribution in [2.45, 2.75) is 6.18 Å². The largest absolute Gasteiger partial charge is 0.497 e. The van der Waals surface area contributed by atoms with E-state index in [1.165, 1.54) is 55.6 Å². The third-order valence-electron chi connectivity index (χ3n) is 4.74. The summed E-state index contributed by atoms with van der Waals surface area (Å²) >= 11 is 0. The first-order chi connectivity index (χ1) is 15.8. The van der Waals surface area contributed by atoms with Crippen molar-refractivity contribution in [3.8, 4) is 28.5 Å². The molecule has 9 heteroatoms. The Morgan fingerprint density at radius 1 is 0.970 bits per heavy atom. The molecule has 4 rings (SSSR count). The highest BCUT2D eigenvalue weighted by molar-refractivity contribution is 6.04. The van der Waals surface area contributed by atoms with Gasteiger partial charge in [0.15, 0.2) is 0 Å². The predicted molar refractivity (Wildman–Crippen MR) is 113 cm³/mol. The topological polar surface area (TPSA) is 64.4 Å². The summed E-state index contributed by atoms with van der Waals surface area (Å²) in [5.74, 6) is -2.59. The molecule has 1 amide bonds. The highest BCUT2D eigenvalue weighted by atomic mass is 19.4. The molecule has 0 bridgehead atoms. The summed E-state index contributed by atoms with van der Waals surface area (Å²) in [7, 11) is 1.38. The molecule has 0 atom stereocenters. The number of methoxy groups -OCH3 is 1. The van der Waals surface area contributed by atoms with Gasteiger partial charge in [0.2, 0.25) is 11.7 Å². The van der Waals surface area contributed by atoms with Crippen LogP contribution in [0.5, 0.6) is 5.75 Å². The van der Waals surface area contributed by atoms with Crippen molar-refractivity contribution in [2.24, 2.45) is 0 Å². The third kappa shape index (κ3) is 4.72. The normalized spacial score (nSPS) is 11.3. The molecule has 0 spiro atoms. The molecule has 0 aliphatic carbocycles. The fourth-order valence-corrected chi connectivity index (χ4v) is 3.13. The van der Waals surface area contributed by atoms with Crippen LogP contribution >= 0.6 is 0 Å². The number of carbonyl (C=O) groups excluding carboxylic acids is 1. The van der Waals surface area contributed by atoms with Crippen molar-refractivity contribution in [1.82, 2.24) is 4.98 Å². The summed E-state index contributed by atoms with van der Waals surface area (Å²) in [5.41, 5.74) is 0.353. The van der Waals surface area contributed by atoms with Crippen molar-refractivity contribution < 1.29 is 31.5 Å². The van der Waals surface area contributed by atoms with E-state index >= 15 is 0 Å². The molecule has 0 saturated heterocycles. The van der Waals surface area contributed by atoms with E-state index < -0.39 is 23.7 Å². The summed E-state index contributed by atoms with van der Waals surface area (Å²) in [6, 6.07) is 17.5. The van der Waals surface area contributed by atoms with Gasteiger partial charge in [-0.05, 0) is 36.4 Å². The smallest absolute Gasteiger partial charge is 0.451 e. The van der Waals surface area contributed by atoms with Crippen LogP contribution in [0.15, 0.2) is 77.2 Å². The number of nitrogens with zero attached hydrogens (tertiary/aromatic N) is 1. The summed E-state index contributed by atoms with van der Waals surface area (Å²) in [6.45, 7) is 0. The number of carbonyl (C=O) groups is 1. The highest BCUT2D eigenvalue weighted by Crippen LogP contribution is 2.39. The summed E-state index contributed by atoms with van der Waals surface area (Å²) in [5, 5.41) is 2.53. The Morgan fingerprint density at radius 2 is 1.67 bits per heavy atom. The van der Waals surface area contributed by atoms with Gasteiger partial charge in [0.05, 0.1) is 12.7 Å². The van der Waals surface area contributed by atoms with Crippen LogP contribution in [0.1, 0.15) is 16.1 Å². The second-order valence-electron chi connectivity index (χ2n) is 6.94. The number of hydrogen-bond donors (Lipinski definition) is 1. The molecule has 0 radical (unpaired) electrons. The molecule has 0 unspecified atom stereocenters. The number of hydrogen-bond acceptors (Lipinski definition) is 4. The van der Waals surface area contributed by atoms with Crippen LogP contribution in [0, 0.1) is 5.82 Å². The zero-order chi connectivity index (χ0) is 23.6. The number of ether oxygens (including phenoxy) is 1. The zero-order valence-corrected chi connectivity index (χ0v) is 17.1. The molecule has 33 heavy (non-hydrogen) atoms. The minimum absolute atomic E-state index is 0.185. The van der Waals surface area contributed by atoms with Crippen molar-refractivity contribution in [2.75, 3.05) is 12.4 Å².